The van der Waals surface area contributed by atoms with Gasteiger partial charge in [-0.2, -0.15) is 18.4 Å². The molecule has 0 aliphatic carbocycles. The molecule has 0 aliphatic heterocycles. The molecule has 0 fully saturated rings. The third kappa shape index (κ3) is 3.96. The highest BCUT2D eigenvalue weighted by atomic mass is 79.9. The summed E-state index contributed by atoms with van der Waals surface area (Å²) in [4.78, 5) is 11.3. The molecular formula is C12H9BrF3NO2. The lowest BCUT2D eigenvalue weighted by Gasteiger charge is -2.11. The molecule has 0 aliphatic rings. The average Bonchev–Trinajstić information content (AvgIpc) is 2.27. The zero-order valence-electron chi connectivity index (χ0n) is 9.84. The van der Waals surface area contributed by atoms with Gasteiger partial charge in [-0.15, -0.1) is 0 Å². The van der Waals surface area contributed by atoms with Gasteiger partial charge in [-0.1, -0.05) is 0 Å². The number of carbonyl (C=O) groups excluding carboxylic acids is 1. The first-order valence-corrected chi connectivity index (χ1v) is 6.04. The Hall–Kier alpha value is -1.55. The summed E-state index contributed by atoms with van der Waals surface area (Å²) in [7, 11) is 0. The molecule has 3 nitrogen and oxygen atoms in total. The summed E-state index contributed by atoms with van der Waals surface area (Å²) in [6, 6.07) is 3.37. The summed E-state index contributed by atoms with van der Waals surface area (Å²) in [5, 5.41) is 8.92. The molecular weight excluding hydrogens is 327 g/mol. The topological polar surface area (TPSA) is 50.1 Å². The number of halogens is 4. The second-order valence-corrected chi connectivity index (χ2v) is 4.44. The Morgan fingerprint density at radius 3 is 2.58 bits per heavy atom. The largest absolute Gasteiger partial charge is 0.466 e. The summed E-state index contributed by atoms with van der Waals surface area (Å²) in [5.74, 6) is -0.676. The molecule has 1 rings (SSSR count). The Morgan fingerprint density at radius 1 is 1.47 bits per heavy atom. The molecule has 7 heteroatoms. The highest BCUT2D eigenvalue weighted by Gasteiger charge is 2.32. The van der Waals surface area contributed by atoms with Crippen LogP contribution < -0.4 is 0 Å². The molecule has 1 aromatic carbocycles. The molecule has 0 N–H and O–H groups in total. The molecule has 0 saturated heterocycles. The van der Waals surface area contributed by atoms with Gasteiger partial charge in [0.2, 0.25) is 0 Å². The quantitative estimate of drug-likeness (QED) is 0.795. The number of nitrogens with zero attached hydrogens (tertiary/aromatic N) is 1. The lowest BCUT2D eigenvalue weighted by molar-refractivity contribution is -0.142. The highest BCUT2D eigenvalue weighted by Crippen LogP contribution is 2.34. The van der Waals surface area contributed by atoms with Gasteiger partial charge in [0.25, 0.3) is 0 Å². The Kier molecular flexibility index (Phi) is 4.95. The van der Waals surface area contributed by atoms with Crippen molar-refractivity contribution >= 4 is 21.9 Å². The van der Waals surface area contributed by atoms with Gasteiger partial charge >= 0.3 is 12.1 Å². The van der Waals surface area contributed by atoms with E-state index in [4.69, 9.17) is 5.26 Å². The van der Waals surface area contributed by atoms with Crippen LogP contribution in [-0.4, -0.2) is 12.6 Å². The van der Waals surface area contributed by atoms with Gasteiger partial charge in [0.15, 0.2) is 0 Å². The second kappa shape index (κ2) is 6.06. The molecule has 0 bridgehead atoms. The predicted molar refractivity (Wildman–Crippen MR) is 64.2 cm³/mol. The van der Waals surface area contributed by atoms with Crippen LogP contribution in [0.25, 0.3) is 0 Å². The standard InChI is InChI=1S/C12H9BrF3NO2/c1-2-19-11(18)4-7-3-8(12(14,15)16)5-10(13)9(7)6-17/h3,5H,2,4H2,1H3. The van der Waals surface area contributed by atoms with E-state index in [-0.39, 0.29) is 28.6 Å². The van der Waals surface area contributed by atoms with E-state index in [9.17, 15) is 18.0 Å². The van der Waals surface area contributed by atoms with E-state index in [2.05, 4.69) is 20.7 Å². The van der Waals surface area contributed by atoms with E-state index < -0.39 is 17.7 Å². The van der Waals surface area contributed by atoms with Gasteiger partial charge < -0.3 is 4.74 Å². The van der Waals surface area contributed by atoms with Crippen LogP contribution in [0, 0.1) is 11.3 Å². The number of hydrogen-bond donors (Lipinski definition) is 0. The van der Waals surface area contributed by atoms with Crippen LogP contribution in [0.3, 0.4) is 0 Å². The molecule has 0 atom stereocenters. The van der Waals surface area contributed by atoms with E-state index in [1.165, 1.54) is 0 Å². The van der Waals surface area contributed by atoms with Gasteiger partial charge in [0.05, 0.1) is 24.2 Å². The normalized spacial score (nSPS) is 10.9. The minimum Gasteiger partial charge on any atom is -0.466 e. The van der Waals surface area contributed by atoms with Gasteiger partial charge in [-0.25, -0.2) is 0 Å². The van der Waals surface area contributed by atoms with Crippen molar-refractivity contribution in [1.29, 1.82) is 5.26 Å². The van der Waals surface area contributed by atoms with Crippen molar-refractivity contribution in [2.45, 2.75) is 19.5 Å². The summed E-state index contributed by atoms with van der Waals surface area (Å²) < 4.78 is 42.6. The summed E-state index contributed by atoms with van der Waals surface area (Å²) >= 11 is 2.90. The van der Waals surface area contributed by atoms with E-state index in [1.807, 2.05) is 0 Å². The van der Waals surface area contributed by atoms with Crippen LogP contribution in [0.15, 0.2) is 16.6 Å². The number of benzene rings is 1. The van der Waals surface area contributed by atoms with E-state index in [0.717, 1.165) is 12.1 Å². The molecule has 0 amide bonds. The summed E-state index contributed by atoms with van der Waals surface area (Å²) in [6.07, 6.45) is -4.92. The fourth-order valence-corrected chi connectivity index (χ4v) is 2.05. The fourth-order valence-electron chi connectivity index (χ4n) is 1.46. The Morgan fingerprint density at radius 2 is 2.11 bits per heavy atom. The number of carbonyl (C=O) groups is 1. The van der Waals surface area contributed by atoms with Crippen molar-refractivity contribution in [3.8, 4) is 6.07 Å². The van der Waals surface area contributed by atoms with Gasteiger partial charge in [0, 0.05) is 4.47 Å². The molecule has 0 radical (unpaired) electrons. The van der Waals surface area contributed by atoms with Gasteiger partial charge in [0.1, 0.15) is 6.07 Å². The lowest BCUT2D eigenvalue weighted by Crippen LogP contribution is -2.12. The number of hydrogen-bond acceptors (Lipinski definition) is 3. The maximum absolute atomic E-state index is 12.6. The van der Waals surface area contributed by atoms with Crippen molar-refractivity contribution in [2.24, 2.45) is 0 Å². The maximum atomic E-state index is 12.6. The summed E-state index contributed by atoms with van der Waals surface area (Å²) in [5.41, 5.74) is -0.929. The molecule has 102 valence electrons. The highest BCUT2D eigenvalue weighted by molar-refractivity contribution is 9.10. The van der Waals surface area contributed by atoms with Crippen molar-refractivity contribution in [3.63, 3.8) is 0 Å². The van der Waals surface area contributed by atoms with Crippen LogP contribution >= 0.6 is 15.9 Å². The van der Waals surface area contributed by atoms with Crippen molar-refractivity contribution in [1.82, 2.24) is 0 Å². The predicted octanol–water partition coefficient (Wildman–Crippen LogP) is 3.45. The van der Waals surface area contributed by atoms with Crippen LogP contribution in [-0.2, 0) is 22.1 Å². The molecule has 19 heavy (non-hydrogen) atoms. The van der Waals surface area contributed by atoms with Crippen molar-refractivity contribution in [2.75, 3.05) is 6.61 Å². The SMILES string of the molecule is CCOC(=O)Cc1cc(C(F)(F)F)cc(Br)c1C#N. The zero-order valence-corrected chi connectivity index (χ0v) is 11.4. The number of alkyl halides is 3. The average molecular weight is 336 g/mol. The van der Waals surface area contributed by atoms with Crippen LogP contribution in [0.1, 0.15) is 23.6 Å². The zero-order chi connectivity index (χ0) is 14.6. The van der Waals surface area contributed by atoms with E-state index in [1.54, 1.807) is 13.0 Å². The third-order valence-electron chi connectivity index (χ3n) is 2.25. The Bertz CT molecular complexity index is 535. The maximum Gasteiger partial charge on any atom is 0.416 e. The Labute approximate surface area is 116 Å². The molecule has 1 aromatic rings. The molecule has 0 heterocycles. The first-order valence-electron chi connectivity index (χ1n) is 5.25. The minimum absolute atomic E-state index is 0.000975. The van der Waals surface area contributed by atoms with Crippen LogP contribution in [0.2, 0.25) is 0 Å². The number of nitriles is 1. The van der Waals surface area contributed by atoms with Crippen molar-refractivity contribution in [3.05, 3.63) is 33.3 Å². The monoisotopic (exact) mass is 335 g/mol. The molecule has 0 spiro atoms. The molecule has 0 unspecified atom stereocenters. The first kappa shape index (κ1) is 15.5. The Balaban J connectivity index is 3.24. The second-order valence-electron chi connectivity index (χ2n) is 3.58. The van der Waals surface area contributed by atoms with Crippen molar-refractivity contribution < 1.29 is 22.7 Å². The van der Waals surface area contributed by atoms with Crippen LogP contribution in [0.4, 0.5) is 13.2 Å². The number of rotatable bonds is 3. The minimum atomic E-state index is -4.54. The number of ether oxygens (including phenoxy) is 1. The molecule has 0 saturated carbocycles. The summed E-state index contributed by atoms with van der Waals surface area (Å²) in [6.45, 7) is 1.71. The lowest BCUT2D eigenvalue weighted by atomic mass is 10.0. The van der Waals surface area contributed by atoms with Crippen LogP contribution in [0.5, 0.6) is 0 Å². The van der Waals surface area contributed by atoms with Gasteiger partial charge in [-0.3, -0.25) is 4.79 Å². The van der Waals surface area contributed by atoms with Gasteiger partial charge in [-0.05, 0) is 40.5 Å². The number of esters is 1. The first-order chi connectivity index (χ1) is 8.79. The van der Waals surface area contributed by atoms with E-state index >= 15 is 0 Å². The fraction of sp³-hybridized carbons (Fsp3) is 0.333. The smallest absolute Gasteiger partial charge is 0.416 e. The third-order valence-corrected chi connectivity index (χ3v) is 2.88. The van der Waals surface area contributed by atoms with E-state index in [0.29, 0.717) is 0 Å². The molecule has 0 aromatic heterocycles.